The molecular formula is C23H23ClFN5O2. The zero-order chi connectivity index (χ0) is 22.5. The molecule has 2 saturated carbocycles. The van der Waals surface area contributed by atoms with Crippen LogP contribution in [0.3, 0.4) is 0 Å². The van der Waals surface area contributed by atoms with Gasteiger partial charge in [-0.05, 0) is 55.7 Å². The van der Waals surface area contributed by atoms with E-state index in [9.17, 15) is 14.3 Å². The lowest BCUT2D eigenvalue weighted by atomic mass is 9.88. The Morgan fingerprint density at radius 3 is 2.59 bits per heavy atom. The summed E-state index contributed by atoms with van der Waals surface area (Å²) < 4.78 is 15.1. The Morgan fingerprint density at radius 2 is 1.94 bits per heavy atom. The zero-order valence-corrected chi connectivity index (χ0v) is 18.3. The Balaban J connectivity index is 1.33. The van der Waals surface area contributed by atoms with Crippen LogP contribution in [0.4, 0.5) is 10.1 Å². The molecule has 1 aromatic carbocycles. The molecule has 2 aliphatic rings. The molecule has 2 atom stereocenters. The van der Waals surface area contributed by atoms with Crippen molar-refractivity contribution in [3.8, 4) is 0 Å². The van der Waals surface area contributed by atoms with Gasteiger partial charge in [0.15, 0.2) is 0 Å². The summed E-state index contributed by atoms with van der Waals surface area (Å²) in [7, 11) is 1.78. The number of aromatic nitrogens is 4. The molecule has 2 N–H and O–H groups in total. The van der Waals surface area contributed by atoms with Crippen LogP contribution in [0.2, 0.25) is 5.02 Å². The van der Waals surface area contributed by atoms with E-state index in [2.05, 4.69) is 20.3 Å². The van der Waals surface area contributed by atoms with Crippen LogP contribution in [0.5, 0.6) is 0 Å². The Kier molecular flexibility index (Phi) is 5.22. The maximum atomic E-state index is 13.4. The Morgan fingerprint density at radius 1 is 1.25 bits per heavy atom. The molecule has 166 valence electrons. The first kappa shape index (κ1) is 21.0. The van der Waals surface area contributed by atoms with Gasteiger partial charge >= 0.3 is 0 Å². The summed E-state index contributed by atoms with van der Waals surface area (Å²) in [4.78, 5) is 25.7. The van der Waals surface area contributed by atoms with Crippen molar-refractivity contribution in [1.82, 2.24) is 19.5 Å². The Bertz CT molecular complexity index is 1150. The van der Waals surface area contributed by atoms with Crippen molar-refractivity contribution in [2.45, 2.75) is 37.2 Å². The number of nitrogens with one attached hydrogen (secondary N) is 1. The van der Waals surface area contributed by atoms with Gasteiger partial charge in [0.25, 0.3) is 5.91 Å². The fourth-order valence-electron chi connectivity index (χ4n) is 5.45. The molecule has 2 unspecified atom stereocenters. The van der Waals surface area contributed by atoms with Crippen molar-refractivity contribution >= 4 is 23.2 Å². The van der Waals surface area contributed by atoms with Gasteiger partial charge in [-0.1, -0.05) is 11.6 Å². The van der Waals surface area contributed by atoms with Gasteiger partial charge in [0.1, 0.15) is 17.8 Å². The van der Waals surface area contributed by atoms with Gasteiger partial charge in [-0.2, -0.15) is 0 Å². The first-order valence-corrected chi connectivity index (χ1v) is 11.0. The lowest BCUT2D eigenvalue weighted by Crippen LogP contribution is -2.23. The van der Waals surface area contributed by atoms with E-state index in [0.29, 0.717) is 36.1 Å². The van der Waals surface area contributed by atoms with E-state index >= 15 is 0 Å². The van der Waals surface area contributed by atoms with E-state index in [1.165, 1.54) is 24.5 Å². The number of anilines is 1. The molecule has 5 rings (SSSR count). The van der Waals surface area contributed by atoms with E-state index in [0.717, 1.165) is 24.1 Å². The molecule has 0 spiro atoms. The van der Waals surface area contributed by atoms with Gasteiger partial charge in [-0.3, -0.25) is 4.79 Å². The van der Waals surface area contributed by atoms with Crippen molar-refractivity contribution in [2.75, 3.05) is 5.32 Å². The number of nitrogens with zero attached hydrogens (tertiary/aromatic N) is 4. The number of carbonyl (C=O) groups is 1. The second kappa shape index (κ2) is 7.94. The maximum absolute atomic E-state index is 13.4. The average molecular weight is 456 g/mol. The molecule has 3 aromatic rings. The highest BCUT2D eigenvalue weighted by molar-refractivity contribution is 6.31. The minimum absolute atomic E-state index is 0.0482. The van der Waals surface area contributed by atoms with Crippen LogP contribution in [-0.4, -0.2) is 30.5 Å². The highest BCUT2D eigenvalue weighted by atomic mass is 35.5. The number of imidazole rings is 1. The topological polar surface area (TPSA) is 92.9 Å². The summed E-state index contributed by atoms with van der Waals surface area (Å²) in [6.07, 6.45) is 9.53. The van der Waals surface area contributed by atoms with Crippen LogP contribution < -0.4 is 5.32 Å². The van der Waals surface area contributed by atoms with E-state index < -0.39 is 11.4 Å². The molecule has 0 bridgehead atoms. The second-order valence-electron chi connectivity index (χ2n) is 8.93. The number of aliphatic hydroxyl groups is 1. The van der Waals surface area contributed by atoms with Crippen molar-refractivity contribution < 1.29 is 14.3 Å². The van der Waals surface area contributed by atoms with E-state index in [1.807, 2.05) is 0 Å². The molecule has 0 aliphatic heterocycles. The number of hydrogen-bond donors (Lipinski definition) is 2. The van der Waals surface area contributed by atoms with Crippen LogP contribution >= 0.6 is 11.6 Å². The predicted octanol–water partition coefficient (Wildman–Crippen LogP) is 4.05. The molecule has 1 amide bonds. The minimum Gasteiger partial charge on any atom is -0.385 e. The molecule has 2 heterocycles. The fraction of sp³-hybridized carbons (Fsp3) is 0.391. The largest absolute Gasteiger partial charge is 0.385 e. The van der Waals surface area contributed by atoms with Crippen molar-refractivity contribution in [1.29, 1.82) is 0 Å². The number of amides is 1. The predicted molar refractivity (Wildman–Crippen MR) is 117 cm³/mol. The summed E-state index contributed by atoms with van der Waals surface area (Å²) in [6, 6.07) is 4.08. The van der Waals surface area contributed by atoms with E-state index in [4.69, 9.17) is 11.6 Å². The first-order valence-electron chi connectivity index (χ1n) is 10.6. The minimum atomic E-state index is -0.895. The van der Waals surface area contributed by atoms with Crippen molar-refractivity contribution in [2.24, 2.45) is 18.9 Å². The first-order chi connectivity index (χ1) is 15.3. The number of carbonyl (C=O) groups excluding carboxylic acids is 1. The highest BCUT2D eigenvalue weighted by Crippen LogP contribution is 2.56. The fourth-order valence-corrected chi connectivity index (χ4v) is 5.63. The summed E-state index contributed by atoms with van der Waals surface area (Å²) in [5, 5.41) is 13.9. The molecule has 2 fully saturated rings. The number of benzene rings is 1. The van der Waals surface area contributed by atoms with Crippen molar-refractivity contribution in [3.63, 3.8) is 0 Å². The third kappa shape index (κ3) is 3.67. The molecule has 0 radical (unpaired) electrons. The van der Waals surface area contributed by atoms with Gasteiger partial charge in [0, 0.05) is 36.6 Å². The maximum Gasteiger partial charge on any atom is 0.274 e. The van der Waals surface area contributed by atoms with Crippen LogP contribution in [-0.2, 0) is 12.6 Å². The van der Waals surface area contributed by atoms with Gasteiger partial charge in [-0.15, -0.1) is 0 Å². The van der Waals surface area contributed by atoms with Gasteiger partial charge < -0.3 is 15.0 Å². The molecule has 2 aliphatic carbocycles. The van der Waals surface area contributed by atoms with Gasteiger partial charge in [-0.25, -0.2) is 19.3 Å². The number of fused-ring (bicyclic) bond motifs is 1. The Hall–Kier alpha value is -2.84. The SMILES string of the molecule is Cn1cnc(C2CC3CC(O)(c4cncnc4)CC3C2)c1C(=O)Nc1ccc(F)c(Cl)c1. The lowest BCUT2D eigenvalue weighted by molar-refractivity contribution is 0.0337. The van der Waals surface area contributed by atoms with E-state index in [-0.39, 0.29) is 16.8 Å². The van der Waals surface area contributed by atoms with Crippen LogP contribution in [0, 0.1) is 17.7 Å². The summed E-state index contributed by atoms with van der Waals surface area (Å²) in [5.74, 6) is -0.0125. The molecule has 9 heteroatoms. The second-order valence-corrected chi connectivity index (χ2v) is 9.34. The number of halogens is 2. The standard InChI is InChI=1S/C23H23ClFN5O2/c1-30-12-28-20(21(30)22(31)29-17-2-3-19(25)18(24)6-17)13-4-14-7-23(32,8-15(14)5-13)16-9-26-11-27-10-16/h2-3,6,9-15,32H,4-5,7-8H2,1H3,(H,29,31). The third-order valence-electron chi connectivity index (χ3n) is 6.88. The van der Waals surface area contributed by atoms with Gasteiger partial charge in [0.05, 0.1) is 22.6 Å². The van der Waals surface area contributed by atoms with Crippen LogP contribution in [0.25, 0.3) is 0 Å². The molecule has 0 saturated heterocycles. The zero-order valence-electron chi connectivity index (χ0n) is 17.5. The number of rotatable bonds is 4. The van der Waals surface area contributed by atoms with E-state index in [1.54, 1.807) is 30.3 Å². The normalized spacial score (nSPS) is 26.8. The summed E-state index contributed by atoms with van der Waals surface area (Å²) in [6.45, 7) is 0. The molecule has 2 aromatic heterocycles. The Labute approximate surface area is 189 Å². The smallest absolute Gasteiger partial charge is 0.274 e. The number of aryl methyl sites for hydroxylation is 1. The highest BCUT2D eigenvalue weighted by Gasteiger charge is 2.50. The monoisotopic (exact) mass is 455 g/mol. The summed E-state index contributed by atoms with van der Waals surface area (Å²) >= 11 is 5.84. The lowest BCUT2D eigenvalue weighted by Gasteiger charge is -2.24. The molecular weight excluding hydrogens is 433 g/mol. The average Bonchev–Trinajstić information content (AvgIpc) is 3.42. The third-order valence-corrected chi connectivity index (χ3v) is 7.17. The van der Waals surface area contributed by atoms with Crippen LogP contribution in [0.1, 0.15) is 53.3 Å². The summed E-state index contributed by atoms with van der Waals surface area (Å²) in [5.41, 5.74) is 1.54. The quantitative estimate of drug-likeness (QED) is 0.619. The van der Waals surface area contributed by atoms with Crippen LogP contribution in [0.15, 0.2) is 43.2 Å². The van der Waals surface area contributed by atoms with Crippen molar-refractivity contribution in [3.05, 3.63) is 71.0 Å². The molecule has 7 nitrogen and oxygen atoms in total. The molecule has 32 heavy (non-hydrogen) atoms. The number of hydrogen-bond acceptors (Lipinski definition) is 5. The van der Waals surface area contributed by atoms with Gasteiger partial charge in [0.2, 0.25) is 0 Å².